The highest BCUT2D eigenvalue weighted by Crippen LogP contribution is 2.27. The molecule has 1 aromatic heterocycles. The van der Waals surface area contributed by atoms with Crippen LogP contribution in [-0.2, 0) is 4.74 Å². The summed E-state index contributed by atoms with van der Waals surface area (Å²) in [7, 11) is 1.98. The molecule has 16 heavy (non-hydrogen) atoms. The molecule has 1 aliphatic heterocycles. The van der Waals surface area contributed by atoms with Crippen LogP contribution < -0.4 is 5.32 Å². The highest BCUT2D eigenvalue weighted by Gasteiger charge is 2.25. The molecule has 1 atom stereocenters. The molecular weight excluding hydrogens is 202 g/mol. The van der Waals surface area contributed by atoms with Crippen molar-refractivity contribution in [3.63, 3.8) is 0 Å². The molecule has 1 fully saturated rings. The van der Waals surface area contributed by atoms with Gasteiger partial charge in [0, 0.05) is 25.6 Å². The SMILES string of the molecule is CNC(c1ncc(C)cn1)C1CCOCC1. The normalized spacial score (nSPS) is 19.6. The van der Waals surface area contributed by atoms with Crippen LogP contribution in [0.25, 0.3) is 0 Å². The molecule has 2 rings (SSSR count). The first kappa shape index (κ1) is 11.5. The second kappa shape index (κ2) is 5.37. The summed E-state index contributed by atoms with van der Waals surface area (Å²) in [5.41, 5.74) is 1.10. The quantitative estimate of drug-likeness (QED) is 0.839. The first-order valence-electron chi connectivity index (χ1n) is 5.85. The summed E-state index contributed by atoms with van der Waals surface area (Å²) in [5.74, 6) is 1.49. The summed E-state index contributed by atoms with van der Waals surface area (Å²) >= 11 is 0. The van der Waals surface area contributed by atoms with Gasteiger partial charge >= 0.3 is 0 Å². The Morgan fingerprint density at radius 3 is 2.50 bits per heavy atom. The second-order valence-electron chi connectivity index (χ2n) is 4.33. The topological polar surface area (TPSA) is 47.0 Å². The molecule has 88 valence electrons. The summed E-state index contributed by atoms with van der Waals surface area (Å²) in [6.45, 7) is 3.72. The van der Waals surface area contributed by atoms with Crippen LogP contribution in [0.2, 0.25) is 0 Å². The molecule has 1 unspecified atom stereocenters. The third kappa shape index (κ3) is 2.57. The molecule has 0 spiro atoms. The molecule has 0 radical (unpaired) electrons. The minimum atomic E-state index is 0.254. The summed E-state index contributed by atoms with van der Waals surface area (Å²) < 4.78 is 5.38. The minimum Gasteiger partial charge on any atom is -0.381 e. The molecule has 0 saturated carbocycles. The number of aryl methyl sites for hydroxylation is 1. The average Bonchev–Trinajstić information content (AvgIpc) is 2.34. The Hall–Kier alpha value is -1.00. The largest absolute Gasteiger partial charge is 0.381 e. The molecule has 1 N–H and O–H groups in total. The van der Waals surface area contributed by atoms with E-state index in [1.54, 1.807) is 0 Å². The lowest BCUT2D eigenvalue weighted by atomic mass is 9.91. The number of rotatable bonds is 3. The van der Waals surface area contributed by atoms with Crippen molar-refractivity contribution in [3.05, 3.63) is 23.8 Å². The fourth-order valence-electron chi connectivity index (χ4n) is 2.19. The molecule has 0 amide bonds. The molecule has 4 heteroatoms. The summed E-state index contributed by atoms with van der Waals surface area (Å²) in [4.78, 5) is 8.82. The monoisotopic (exact) mass is 221 g/mol. The van der Waals surface area contributed by atoms with Crippen molar-refractivity contribution in [3.8, 4) is 0 Å². The van der Waals surface area contributed by atoms with E-state index in [1.807, 2.05) is 26.4 Å². The fourth-order valence-corrected chi connectivity index (χ4v) is 2.19. The molecule has 1 aromatic rings. The third-order valence-electron chi connectivity index (χ3n) is 3.13. The van der Waals surface area contributed by atoms with Gasteiger partial charge in [-0.3, -0.25) is 0 Å². The van der Waals surface area contributed by atoms with E-state index >= 15 is 0 Å². The van der Waals surface area contributed by atoms with Gasteiger partial charge in [0.25, 0.3) is 0 Å². The van der Waals surface area contributed by atoms with Gasteiger partial charge in [0.1, 0.15) is 5.82 Å². The number of nitrogens with zero attached hydrogens (tertiary/aromatic N) is 2. The first-order valence-corrected chi connectivity index (χ1v) is 5.85. The van der Waals surface area contributed by atoms with Crippen LogP contribution in [0, 0.1) is 12.8 Å². The Morgan fingerprint density at radius 2 is 1.94 bits per heavy atom. The van der Waals surface area contributed by atoms with Crippen molar-refractivity contribution in [1.82, 2.24) is 15.3 Å². The first-order chi connectivity index (χ1) is 7.81. The van der Waals surface area contributed by atoms with Gasteiger partial charge in [0.2, 0.25) is 0 Å². The van der Waals surface area contributed by atoms with Crippen LogP contribution in [-0.4, -0.2) is 30.2 Å². The average molecular weight is 221 g/mol. The number of hydrogen-bond acceptors (Lipinski definition) is 4. The Balaban J connectivity index is 2.11. The van der Waals surface area contributed by atoms with Gasteiger partial charge in [0.15, 0.2) is 0 Å². The number of hydrogen-bond donors (Lipinski definition) is 1. The maximum Gasteiger partial charge on any atom is 0.145 e. The number of aromatic nitrogens is 2. The predicted molar refractivity (Wildman–Crippen MR) is 62.1 cm³/mol. The second-order valence-corrected chi connectivity index (χ2v) is 4.33. The lowest BCUT2D eigenvalue weighted by Crippen LogP contribution is -2.31. The molecule has 4 nitrogen and oxygen atoms in total. The Morgan fingerprint density at radius 1 is 1.31 bits per heavy atom. The van der Waals surface area contributed by atoms with Crippen molar-refractivity contribution >= 4 is 0 Å². The van der Waals surface area contributed by atoms with Gasteiger partial charge in [-0.1, -0.05) is 0 Å². The van der Waals surface area contributed by atoms with Gasteiger partial charge in [-0.2, -0.15) is 0 Å². The van der Waals surface area contributed by atoms with Crippen molar-refractivity contribution in [2.75, 3.05) is 20.3 Å². The maximum absolute atomic E-state index is 5.38. The zero-order valence-electron chi connectivity index (χ0n) is 9.94. The van der Waals surface area contributed by atoms with E-state index in [1.165, 1.54) is 0 Å². The maximum atomic E-state index is 5.38. The predicted octanol–water partition coefficient (Wildman–Crippen LogP) is 1.47. The molecular formula is C12H19N3O. The van der Waals surface area contributed by atoms with Gasteiger partial charge in [-0.05, 0) is 38.3 Å². The van der Waals surface area contributed by atoms with Crippen molar-refractivity contribution in [1.29, 1.82) is 0 Å². The molecule has 2 heterocycles. The van der Waals surface area contributed by atoms with Crippen LogP contribution in [0.5, 0.6) is 0 Å². The van der Waals surface area contributed by atoms with Crippen molar-refractivity contribution in [2.45, 2.75) is 25.8 Å². The van der Waals surface area contributed by atoms with E-state index in [4.69, 9.17) is 4.74 Å². The molecule has 1 aliphatic rings. The summed E-state index contributed by atoms with van der Waals surface area (Å²) in [5, 5.41) is 3.33. The molecule has 0 aliphatic carbocycles. The van der Waals surface area contributed by atoms with E-state index in [-0.39, 0.29) is 6.04 Å². The molecule has 1 saturated heterocycles. The van der Waals surface area contributed by atoms with Crippen LogP contribution in [0.1, 0.15) is 30.3 Å². The van der Waals surface area contributed by atoms with E-state index in [9.17, 15) is 0 Å². The van der Waals surface area contributed by atoms with E-state index in [0.29, 0.717) is 5.92 Å². The Bertz CT molecular complexity index is 320. The molecule has 0 bridgehead atoms. The lowest BCUT2D eigenvalue weighted by molar-refractivity contribution is 0.0535. The van der Waals surface area contributed by atoms with Gasteiger partial charge in [-0.15, -0.1) is 0 Å². The zero-order chi connectivity index (χ0) is 11.4. The van der Waals surface area contributed by atoms with Gasteiger partial charge < -0.3 is 10.1 Å². The van der Waals surface area contributed by atoms with Gasteiger partial charge in [-0.25, -0.2) is 9.97 Å². The van der Waals surface area contributed by atoms with Gasteiger partial charge in [0.05, 0.1) is 6.04 Å². The van der Waals surface area contributed by atoms with E-state index < -0.39 is 0 Å². The molecule has 0 aromatic carbocycles. The summed E-state index contributed by atoms with van der Waals surface area (Å²) in [6.07, 6.45) is 5.93. The highest BCUT2D eigenvalue weighted by molar-refractivity contribution is 5.05. The van der Waals surface area contributed by atoms with Crippen LogP contribution in [0.4, 0.5) is 0 Å². The fraction of sp³-hybridized carbons (Fsp3) is 0.667. The Kier molecular flexibility index (Phi) is 3.85. The summed E-state index contributed by atoms with van der Waals surface area (Å²) in [6, 6.07) is 0.254. The highest BCUT2D eigenvalue weighted by atomic mass is 16.5. The third-order valence-corrected chi connectivity index (χ3v) is 3.13. The zero-order valence-corrected chi connectivity index (χ0v) is 9.94. The van der Waals surface area contributed by atoms with E-state index in [2.05, 4.69) is 15.3 Å². The van der Waals surface area contributed by atoms with Crippen molar-refractivity contribution in [2.24, 2.45) is 5.92 Å². The number of nitrogens with one attached hydrogen (secondary N) is 1. The standard InChI is InChI=1S/C12H19N3O/c1-9-7-14-12(15-8-9)11(13-2)10-3-5-16-6-4-10/h7-8,10-11,13H,3-6H2,1-2H3. The van der Waals surface area contributed by atoms with E-state index in [0.717, 1.165) is 37.4 Å². The van der Waals surface area contributed by atoms with Crippen LogP contribution in [0.15, 0.2) is 12.4 Å². The Labute approximate surface area is 96.4 Å². The number of ether oxygens (including phenoxy) is 1. The minimum absolute atomic E-state index is 0.254. The smallest absolute Gasteiger partial charge is 0.145 e. The van der Waals surface area contributed by atoms with Crippen molar-refractivity contribution < 1.29 is 4.74 Å². The van der Waals surface area contributed by atoms with Crippen LogP contribution in [0.3, 0.4) is 0 Å². The lowest BCUT2D eigenvalue weighted by Gasteiger charge is -2.28. The van der Waals surface area contributed by atoms with Crippen LogP contribution >= 0.6 is 0 Å².